The van der Waals surface area contributed by atoms with Gasteiger partial charge in [0.05, 0.1) is 0 Å². The second-order valence-electron chi connectivity index (χ2n) is 5.53. The van der Waals surface area contributed by atoms with Gasteiger partial charge in [0, 0.05) is 32.2 Å². The molecular weight excluding hydrogens is 291 g/mol. The highest BCUT2D eigenvalue weighted by molar-refractivity contribution is 5.85. The van der Waals surface area contributed by atoms with Crippen molar-refractivity contribution in [2.45, 2.75) is 39.2 Å². The van der Waals surface area contributed by atoms with E-state index in [9.17, 15) is 0 Å². The van der Waals surface area contributed by atoms with Crippen LogP contribution in [0.4, 0.5) is 0 Å². The largest absolute Gasteiger partial charge is 0.314 e. The average molecular weight is 319 g/mol. The molecule has 1 atom stereocenters. The van der Waals surface area contributed by atoms with Crippen molar-refractivity contribution in [3.63, 3.8) is 0 Å². The van der Waals surface area contributed by atoms with E-state index in [2.05, 4.69) is 55.3 Å². The molecule has 1 aliphatic heterocycles. The molecule has 1 saturated heterocycles. The predicted octanol–water partition coefficient (Wildman–Crippen LogP) is 4.01. The van der Waals surface area contributed by atoms with E-state index in [-0.39, 0.29) is 24.8 Å². The highest BCUT2D eigenvalue weighted by atomic mass is 35.5. The first-order chi connectivity index (χ1) is 8.72. The third-order valence-electron chi connectivity index (χ3n) is 3.97. The second kappa shape index (κ2) is 9.62. The molecule has 0 bridgehead atoms. The monoisotopic (exact) mass is 318 g/mol. The standard InChI is InChI=1S/C16H26N2.2ClH/c1-4-16(18-11-9-17-10-12-18)15-7-5-14(6-8-15)13(2)3;;/h5-8,13,16-17H,4,9-12H2,1-3H3;2*1H/t16-;;/m1../s1. The summed E-state index contributed by atoms with van der Waals surface area (Å²) in [5.41, 5.74) is 2.91. The van der Waals surface area contributed by atoms with Crippen LogP contribution in [0.15, 0.2) is 24.3 Å². The van der Waals surface area contributed by atoms with Crippen molar-refractivity contribution in [1.82, 2.24) is 10.2 Å². The average Bonchev–Trinajstić information content (AvgIpc) is 2.41. The molecule has 0 amide bonds. The fourth-order valence-electron chi connectivity index (χ4n) is 2.80. The van der Waals surface area contributed by atoms with E-state index < -0.39 is 0 Å². The Kier molecular flexibility index (Phi) is 9.48. The molecule has 2 rings (SSSR count). The van der Waals surface area contributed by atoms with Crippen LogP contribution in [0.1, 0.15) is 50.3 Å². The van der Waals surface area contributed by atoms with Gasteiger partial charge in [0.1, 0.15) is 0 Å². The summed E-state index contributed by atoms with van der Waals surface area (Å²) < 4.78 is 0. The fourth-order valence-corrected chi connectivity index (χ4v) is 2.80. The highest BCUT2D eigenvalue weighted by Gasteiger charge is 2.20. The number of hydrogen-bond donors (Lipinski definition) is 1. The van der Waals surface area contributed by atoms with Gasteiger partial charge < -0.3 is 5.32 Å². The molecule has 0 radical (unpaired) electrons. The summed E-state index contributed by atoms with van der Waals surface area (Å²) in [5, 5.41) is 3.43. The minimum Gasteiger partial charge on any atom is -0.314 e. The van der Waals surface area contributed by atoms with E-state index >= 15 is 0 Å². The normalized spacial score (nSPS) is 17.2. The van der Waals surface area contributed by atoms with Gasteiger partial charge in [0.2, 0.25) is 0 Å². The van der Waals surface area contributed by atoms with Gasteiger partial charge in [-0.2, -0.15) is 0 Å². The van der Waals surface area contributed by atoms with Crippen LogP contribution >= 0.6 is 24.8 Å². The summed E-state index contributed by atoms with van der Waals surface area (Å²) >= 11 is 0. The SMILES string of the molecule is CC[C@H](c1ccc(C(C)C)cc1)N1CCNCC1.Cl.Cl. The van der Waals surface area contributed by atoms with Gasteiger partial charge in [-0.3, -0.25) is 4.90 Å². The van der Waals surface area contributed by atoms with Crippen LogP contribution in [0.5, 0.6) is 0 Å². The molecule has 4 heteroatoms. The summed E-state index contributed by atoms with van der Waals surface area (Å²) in [4.78, 5) is 2.61. The molecule has 0 unspecified atom stereocenters. The lowest BCUT2D eigenvalue weighted by atomic mass is 9.97. The van der Waals surface area contributed by atoms with Crippen molar-refractivity contribution >= 4 is 24.8 Å². The van der Waals surface area contributed by atoms with Crippen LogP contribution < -0.4 is 5.32 Å². The third kappa shape index (κ3) is 4.92. The van der Waals surface area contributed by atoms with Crippen molar-refractivity contribution in [3.8, 4) is 0 Å². The summed E-state index contributed by atoms with van der Waals surface area (Å²) in [6.07, 6.45) is 1.20. The Hall–Kier alpha value is -0.280. The van der Waals surface area contributed by atoms with Crippen LogP contribution in [-0.2, 0) is 0 Å². The van der Waals surface area contributed by atoms with Crippen molar-refractivity contribution in [1.29, 1.82) is 0 Å². The minimum atomic E-state index is 0. The summed E-state index contributed by atoms with van der Waals surface area (Å²) in [6.45, 7) is 11.4. The lowest BCUT2D eigenvalue weighted by molar-refractivity contribution is 0.169. The predicted molar refractivity (Wildman–Crippen MR) is 92.5 cm³/mol. The fraction of sp³-hybridized carbons (Fsp3) is 0.625. The van der Waals surface area contributed by atoms with Crippen LogP contribution in [0.2, 0.25) is 0 Å². The van der Waals surface area contributed by atoms with E-state index in [1.54, 1.807) is 0 Å². The van der Waals surface area contributed by atoms with Gasteiger partial charge in [-0.15, -0.1) is 24.8 Å². The lowest BCUT2D eigenvalue weighted by Gasteiger charge is -2.34. The van der Waals surface area contributed by atoms with E-state index in [0.717, 1.165) is 13.1 Å². The maximum Gasteiger partial charge on any atom is 0.0346 e. The molecule has 1 heterocycles. The van der Waals surface area contributed by atoms with E-state index in [1.165, 1.54) is 30.6 Å². The molecule has 20 heavy (non-hydrogen) atoms. The number of hydrogen-bond acceptors (Lipinski definition) is 2. The van der Waals surface area contributed by atoms with Gasteiger partial charge in [-0.05, 0) is 23.5 Å². The molecule has 116 valence electrons. The first-order valence-electron chi connectivity index (χ1n) is 7.27. The zero-order chi connectivity index (χ0) is 13.0. The molecular formula is C16H28Cl2N2. The van der Waals surface area contributed by atoms with Crippen molar-refractivity contribution < 1.29 is 0 Å². The van der Waals surface area contributed by atoms with Crippen LogP contribution in [0.3, 0.4) is 0 Å². The molecule has 0 saturated carbocycles. The number of piperazine rings is 1. The zero-order valence-corrected chi connectivity index (χ0v) is 14.4. The van der Waals surface area contributed by atoms with E-state index in [4.69, 9.17) is 0 Å². The highest BCUT2D eigenvalue weighted by Crippen LogP contribution is 2.26. The Morgan fingerprint density at radius 2 is 1.50 bits per heavy atom. The van der Waals surface area contributed by atoms with Gasteiger partial charge in [-0.25, -0.2) is 0 Å². The number of halogens is 2. The first kappa shape index (κ1) is 19.7. The zero-order valence-electron chi connectivity index (χ0n) is 12.8. The summed E-state index contributed by atoms with van der Waals surface area (Å²) in [6, 6.07) is 9.83. The van der Waals surface area contributed by atoms with Crippen LogP contribution in [0, 0.1) is 0 Å². The molecule has 2 nitrogen and oxygen atoms in total. The van der Waals surface area contributed by atoms with Gasteiger partial charge >= 0.3 is 0 Å². The van der Waals surface area contributed by atoms with E-state index in [1.807, 2.05) is 0 Å². The molecule has 1 N–H and O–H groups in total. The Morgan fingerprint density at radius 1 is 1.00 bits per heavy atom. The summed E-state index contributed by atoms with van der Waals surface area (Å²) in [7, 11) is 0. The first-order valence-corrected chi connectivity index (χ1v) is 7.27. The maximum absolute atomic E-state index is 3.43. The van der Waals surface area contributed by atoms with Crippen molar-refractivity contribution in [3.05, 3.63) is 35.4 Å². The van der Waals surface area contributed by atoms with Gasteiger partial charge in [0.15, 0.2) is 0 Å². The number of nitrogens with one attached hydrogen (secondary N) is 1. The molecule has 0 aromatic heterocycles. The van der Waals surface area contributed by atoms with E-state index in [0.29, 0.717) is 12.0 Å². The molecule has 1 aliphatic rings. The number of benzene rings is 1. The molecule has 1 aromatic rings. The van der Waals surface area contributed by atoms with Crippen molar-refractivity contribution in [2.24, 2.45) is 0 Å². The molecule has 1 fully saturated rings. The van der Waals surface area contributed by atoms with Crippen LogP contribution in [0.25, 0.3) is 0 Å². The maximum atomic E-state index is 3.43. The Balaban J connectivity index is 0.00000180. The Morgan fingerprint density at radius 3 is 1.95 bits per heavy atom. The molecule has 0 spiro atoms. The smallest absolute Gasteiger partial charge is 0.0346 e. The quantitative estimate of drug-likeness (QED) is 0.902. The minimum absolute atomic E-state index is 0. The topological polar surface area (TPSA) is 15.3 Å². The molecule has 0 aliphatic carbocycles. The molecule has 1 aromatic carbocycles. The second-order valence-corrected chi connectivity index (χ2v) is 5.53. The Labute approximate surface area is 136 Å². The lowest BCUT2D eigenvalue weighted by Crippen LogP contribution is -2.45. The third-order valence-corrected chi connectivity index (χ3v) is 3.97. The Bertz CT molecular complexity index is 359. The van der Waals surface area contributed by atoms with Gasteiger partial charge in [-0.1, -0.05) is 45.0 Å². The van der Waals surface area contributed by atoms with Crippen LogP contribution in [-0.4, -0.2) is 31.1 Å². The van der Waals surface area contributed by atoms with Crippen molar-refractivity contribution in [2.75, 3.05) is 26.2 Å². The summed E-state index contributed by atoms with van der Waals surface area (Å²) in [5.74, 6) is 0.623. The number of nitrogens with zero attached hydrogens (tertiary/aromatic N) is 1. The van der Waals surface area contributed by atoms with Gasteiger partial charge in [0.25, 0.3) is 0 Å². The number of rotatable bonds is 4.